The summed E-state index contributed by atoms with van der Waals surface area (Å²) in [6.07, 6.45) is -0.720. The maximum Gasteiger partial charge on any atom is 1.00 e. The number of aromatic hydroxyl groups is 4. The van der Waals surface area contributed by atoms with Gasteiger partial charge in [0.25, 0.3) is 0 Å². The molecule has 0 saturated heterocycles. The van der Waals surface area contributed by atoms with Crippen LogP contribution in [0.25, 0.3) is 21.5 Å². The van der Waals surface area contributed by atoms with Crippen molar-refractivity contribution in [2.75, 3.05) is 17.7 Å². The zero-order valence-corrected chi connectivity index (χ0v) is 36.0. The van der Waals surface area contributed by atoms with Gasteiger partial charge in [-0.05, 0) is 71.4 Å². The van der Waals surface area contributed by atoms with Crippen molar-refractivity contribution < 1.29 is 98.5 Å². The number of primary sulfonamides is 2. The molecule has 0 fully saturated rings. The normalized spacial score (nSPS) is 11.3. The molecular formula is C36H32CrN8NaO11S2+. The molecule has 300 valence electrons. The number of rotatable bonds is 8. The van der Waals surface area contributed by atoms with Crippen molar-refractivity contribution in [3.05, 3.63) is 97.1 Å². The standard InChI is InChI=1S/C18H16N4O6S.C18H16N4O5S.Cr.Na/c1-28-18(25)20-12-4-2-3-10-5-7-15(24)17(16(10)12)22-21-13-9-11(29(19,26)27)6-8-14(13)23;1-10(23)20-13-4-2-3-11-5-7-16(25)18(17(11)13)22-21-14-9-12(28(19,26)27)6-8-15(14)24;;/h2-9,23-24H,1H3,(H,20,25)(H2,19,26,27);2-9,24-25H,1H3,(H,20,23)(H2,19,26,27);;/q;;;+1. The average molecular weight is 892 g/mol. The molecule has 0 heterocycles. The molecule has 0 aromatic heterocycles. The zero-order chi connectivity index (χ0) is 41.7. The second-order valence-corrected chi connectivity index (χ2v) is 14.9. The Hall–Kier alpha value is -5.67. The van der Waals surface area contributed by atoms with Crippen LogP contribution in [0.5, 0.6) is 23.0 Å². The molecule has 0 saturated carbocycles. The van der Waals surface area contributed by atoms with Crippen molar-refractivity contribution in [3.63, 3.8) is 0 Å². The second kappa shape index (κ2) is 19.9. The number of phenols is 4. The van der Waals surface area contributed by atoms with Crippen LogP contribution in [0.1, 0.15) is 6.92 Å². The molecule has 0 aliphatic heterocycles. The number of carbonyl (C=O) groups excluding carboxylic acids is 2. The zero-order valence-electron chi connectivity index (χ0n) is 31.1. The fourth-order valence-corrected chi connectivity index (χ4v) is 6.26. The third-order valence-electron chi connectivity index (χ3n) is 7.79. The molecule has 0 unspecified atom stereocenters. The number of hydrogen-bond donors (Lipinski definition) is 8. The van der Waals surface area contributed by atoms with Gasteiger partial charge >= 0.3 is 35.7 Å². The summed E-state index contributed by atoms with van der Waals surface area (Å²) in [5, 5.41) is 73.5. The monoisotopic (exact) mass is 891 g/mol. The minimum absolute atomic E-state index is 0. The van der Waals surface area contributed by atoms with Crippen molar-refractivity contribution in [1.82, 2.24) is 0 Å². The van der Waals surface area contributed by atoms with Crippen molar-refractivity contribution in [2.24, 2.45) is 30.7 Å². The van der Waals surface area contributed by atoms with Crippen LogP contribution in [0.15, 0.2) is 127 Å². The van der Waals surface area contributed by atoms with Crippen LogP contribution in [-0.4, -0.2) is 56.4 Å². The molecule has 19 nitrogen and oxygen atoms in total. The number of anilines is 2. The topological polar surface area (TPSA) is 318 Å². The first-order valence-corrected chi connectivity index (χ1v) is 19.1. The molecule has 2 amide bonds. The van der Waals surface area contributed by atoms with E-state index < -0.39 is 26.1 Å². The van der Waals surface area contributed by atoms with Crippen molar-refractivity contribution in [3.8, 4) is 23.0 Å². The number of carbonyl (C=O) groups is 2. The molecule has 6 aromatic carbocycles. The Morgan fingerprint density at radius 1 is 0.593 bits per heavy atom. The number of benzene rings is 6. The summed E-state index contributed by atoms with van der Waals surface area (Å²) in [5.41, 5.74) is 0.433. The third kappa shape index (κ3) is 11.7. The first kappa shape index (κ1) is 47.7. The summed E-state index contributed by atoms with van der Waals surface area (Å²) in [7, 11) is -6.80. The quantitative estimate of drug-likeness (QED) is 0.0803. The summed E-state index contributed by atoms with van der Waals surface area (Å²) < 4.78 is 50.6. The number of amides is 2. The van der Waals surface area contributed by atoms with Gasteiger partial charge in [-0.25, -0.2) is 31.9 Å². The second-order valence-electron chi connectivity index (χ2n) is 11.8. The number of fused-ring (bicyclic) bond motifs is 2. The van der Waals surface area contributed by atoms with E-state index >= 15 is 0 Å². The summed E-state index contributed by atoms with van der Waals surface area (Å²) in [4.78, 5) is 22.6. The van der Waals surface area contributed by atoms with E-state index in [1.807, 2.05) is 0 Å². The first-order valence-electron chi connectivity index (χ1n) is 16.0. The molecule has 0 bridgehead atoms. The van der Waals surface area contributed by atoms with Gasteiger partial charge in [0.2, 0.25) is 26.0 Å². The predicted molar refractivity (Wildman–Crippen MR) is 209 cm³/mol. The maximum absolute atomic E-state index is 11.6. The molecule has 6 aromatic rings. The van der Waals surface area contributed by atoms with Gasteiger partial charge in [-0.3, -0.25) is 10.1 Å². The summed E-state index contributed by atoms with van der Waals surface area (Å²) in [6.45, 7) is 1.35. The number of phenolic OH excluding ortho intramolecular Hbond substituents is 4. The minimum Gasteiger partial charge on any atom is -0.506 e. The Balaban J connectivity index is 0.000000305. The molecular weight excluding hydrogens is 860 g/mol. The van der Waals surface area contributed by atoms with E-state index in [0.717, 1.165) is 36.4 Å². The Labute approximate surface area is 369 Å². The predicted octanol–water partition coefficient (Wildman–Crippen LogP) is 3.77. The minimum atomic E-state index is -4.01. The first-order chi connectivity index (χ1) is 26.9. The van der Waals surface area contributed by atoms with Crippen LogP contribution in [0.3, 0.4) is 0 Å². The number of azo groups is 2. The van der Waals surface area contributed by atoms with Crippen LogP contribution >= 0.6 is 0 Å². The fourth-order valence-electron chi connectivity index (χ4n) is 5.19. The molecule has 23 heteroatoms. The number of nitrogens with one attached hydrogen (secondary N) is 2. The van der Waals surface area contributed by atoms with Crippen LogP contribution in [0, 0.1) is 0 Å². The number of nitrogens with zero attached hydrogens (tertiary/aromatic N) is 4. The average Bonchev–Trinajstić information content (AvgIpc) is 3.14. The number of sulfonamides is 2. The molecule has 0 aliphatic carbocycles. The Kier molecular flexibility index (Phi) is 16.1. The van der Waals surface area contributed by atoms with E-state index in [2.05, 4.69) is 35.8 Å². The molecule has 0 radical (unpaired) electrons. The van der Waals surface area contributed by atoms with Gasteiger partial charge in [-0.2, -0.15) is 0 Å². The Morgan fingerprint density at radius 3 is 1.36 bits per heavy atom. The van der Waals surface area contributed by atoms with Crippen molar-refractivity contribution >= 4 is 87.7 Å². The molecule has 10 N–H and O–H groups in total. The summed E-state index contributed by atoms with van der Waals surface area (Å²) in [5.74, 6) is -1.43. The molecule has 59 heavy (non-hydrogen) atoms. The molecule has 0 aliphatic rings. The number of methoxy groups -OCH3 is 1. The fraction of sp³-hybridized carbons (Fsp3) is 0.0556. The van der Waals surface area contributed by atoms with E-state index in [-0.39, 0.29) is 108 Å². The van der Waals surface area contributed by atoms with Gasteiger partial charge in [0, 0.05) is 35.1 Å². The number of nitrogens with two attached hydrogens (primary N) is 2. The third-order valence-corrected chi connectivity index (χ3v) is 9.61. The number of hydrogen-bond acceptors (Lipinski definition) is 15. The van der Waals surface area contributed by atoms with Gasteiger partial charge in [0.1, 0.15) is 45.7 Å². The van der Waals surface area contributed by atoms with Crippen molar-refractivity contribution in [1.29, 1.82) is 0 Å². The van der Waals surface area contributed by atoms with Crippen LogP contribution in [0.2, 0.25) is 0 Å². The smallest absolute Gasteiger partial charge is 0.506 e. The van der Waals surface area contributed by atoms with Crippen molar-refractivity contribution in [2.45, 2.75) is 16.7 Å². The van der Waals surface area contributed by atoms with Gasteiger partial charge in [0.15, 0.2) is 0 Å². The largest absolute Gasteiger partial charge is 1.00 e. The molecule has 6 rings (SSSR count). The van der Waals surface area contributed by atoms with Crippen LogP contribution in [-0.2, 0) is 46.9 Å². The summed E-state index contributed by atoms with van der Waals surface area (Å²) >= 11 is 0. The van der Waals surface area contributed by atoms with Crippen LogP contribution in [0.4, 0.5) is 38.9 Å². The van der Waals surface area contributed by atoms with E-state index in [1.165, 1.54) is 26.2 Å². The molecule has 0 spiro atoms. The van der Waals surface area contributed by atoms with E-state index in [4.69, 9.17) is 10.3 Å². The van der Waals surface area contributed by atoms with Gasteiger partial charge in [-0.1, -0.05) is 36.4 Å². The Morgan fingerprint density at radius 2 is 0.983 bits per heavy atom. The van der Waals surface area contributed by atoms with E-state index in [1.54, 1.807) is 48.5 Å². The van der Waals surface area contributed by atoms with E-state index in [9.17, 15) is 46.9 Å². The van der Waals surface area contributed by atoms with Gasteiger partial charge in [-0.15, -0.1) is 20.5 Å². The SMILES string of the molecule is CC(=O)Nc1cccc2ccc(O)c(N=Nc3cc(S(N)(=O)=O)ccc3O)c12.COC(=O)Nc1cccc2ccc(O)c(N=Nc3cc(S(N)(=O)=O)ccc3O)c12.[Cr].[Na+]. The maximum atomic E-state index is 11.6. The molecule has 0 atom stereocenters. The number of ether oxygens (including phenoxy) is 1. The van der Waals surface area contributed by atoms with Gasteiger partial charge in [0.05, 0.1) is 28.3 Å². The Bertz CT molecular complexity index is 2860. The summed E-state index contributed by atoms with van der Waals surface area (Å²) in [6, 6.07) is 22.8. The van der Waals surface area contributed by atoms with Gasteiger partial charge < -0.3 is 30.5 Å². The van der Waals surface area contributed by atoms with E-state index in [0.29, 0.717) is 32.9 Å². The van der Waals surface area contributed by atoms with Crippen LogP contribution < -0.4 is 50.5 Å².